The molecule has 1 amide bonds. The van der Waals surface area contributed by atoms with Crippen LogP contribution < -0.4 is 5.73 Å². The van der Waals surface area contributed by atoms with Gasteiger partial charge >= 0.3 is 0 Å². The van der Waals surface area contributed by atoms with Crippen LogP contribution in [0.15, 0.2) is 28.7 Å². The minimum Gasteiger partial charge on any atom is -0.369 e. The molecule has 1 aromatic carbocycles. The molecule has 1 heterocycles. The zero-order valence-electron chi connectivity index (χ0n) is 9.43. The van der Waals surface area contributed by atoms with Crippen LogP contribution >= 0.6 is 15.9 Å². The van der Waals surface area contributed by atoms with Crippen LogP contribution in [0.3, 0.4) is 0 Å². The standard InChI is InChI=1S/C12H15BrN2O2/c13-11-4-2-1-3-9(11)6-15-10(5-14)7-17-8-12(15)16/h1-4,10H,5-8,14H2. The summed E-state index contributed by atoms with van der Waals surface area (Å²) in [5, 5.41) is 0. The van der Waals surface area contributed by atoms with Crippen molar-refractivity contribution in [2.24, 2.45) is 5.73 Å². The zero-order chi connectivity index (χ0) is 12.3. The van der Waals surface area contributed by atoms with Crippen molar-refractivity contribution in [3.8, 4) is 0 Å². The Labute approximate surface area is 109 Å². The van der Waals surface area contributed by atoms with Crippen LogP contribution in [0, 0.1) is 0 Å². The molecule has 2 N–H and O–H groups in total. The van der Waals surface area contributed by atoms with Gasteiger partial charge in [0.25, 0.3) is 0 Å². The van der Waals surface area contributed by atoms with E-state index in [-0.39, 0.29) is 18.6 Å². The van der Waals surface area contributed by atoms with Gasteiger partial charge < -0.3 is 15.4 Å². The fourth-order valence-corrected chi connectivity index (χ4v) is 2.29. The summed E-state index contributed by atoms with van der Waals surface area (Å²) in [5.74, 6) is 0.00227. The van der Waals surface area contributed by atoms with Crippen LogP contribution in [0.2, 0.25) is 0 Å². The van der Waals surface area contributed by atoms with E-state index in [1.807, 2.05) is 24.3 Å². The fraction of sp³-hybridized carbons (Fsp3) is 0.417. The summed E-state index contributed by atoms with van der Waals surface area (Å²) in [6.45, 7) is 1.68. The molecule has 1 fully saturated rings. The first-order valence-electron chi connectivity index (χ1n) is 5.53. The monoisotopic (exact) mass is 298 g/mol. The Morgan fingerprint density at radius 2 is 2.24 bits per heavy atom. The van der Waals surface area contributed by atoms with Crippen molar-refractivity contribution in [1.82, 2.24) is 4.90 Å². The maximum absolute atomic E-state index is 11.8. The molecule has 1 saturated heterocycles. The highest BCUT2D eigenvalue weighted by Crippen LogP contribution is 2.20. The molecule has 17 heavy (non-hydrogen) atoms. The van der Waals surface area contributed by atoms with E-state index >= 15 is 0 Å². The summed E-state index contributed by atoms with van der Waals surface area (Å²) in [6.07, 6.45) is 0. The van der Waals surface area contributed by atoms with Crippen LogP contribution in [0.4, 0.5) is 0 Å². The van der Waals surface area contributed by atoms with Gasteiger partial charge in [-0.15, -0.1) is 0 Å². The number of rotatable bonds is 3. The molecule has 0 aliphatic carbocycles. The molecule has 1 unspecified atom stereocenters. The molecule has 0 aromatic heterocycles. The number of hydrogen-bond acceptors (Lipinski definition) is 3. The Hall–Kier alpha value is -0.910. The third kappa shape index (κ3) is 2.86. The van der Waals surface area contributed by atoms with Crippen LogP contribution in [0.1, 0.15) is 5.56 Å². The second-order valence-electron chi connectivity index (χ2n) is 4.02. The maximum atomic E-state index is 11.8. The van der Waals surface area contributed by atoms with Crippen LogP contribution in [0.25, 0.3) is 0 Å². The number of amides is 1. The molecular formula is C12H15BrN2O2. The molecule has 1 aliphatic heterocycles. The first-order valence-corrected chi connectivity index (χ1v) is 6.32. The van der Waals surface area contributed by atoms with E-state index in [0.29, 0.717) is 19.7 Å². The number of nitrogens with two attached hydrogens (primary N) is 1. The minimum absolute atomic E-state index is 0.00227. The lowest BCUT2D eigenvalue weighted by atomic mass is 10.1. The Morgan fingerprint density at radius 3 is 2.94 bits per heavy atom. The van der Waals surface area contributed by atoms with Crippen molar-refractivity contribution < 1.29 is 9.53 Å². The summed E-state index contributed by atoms with van der Waals surface area (Å²) >= 11 is 3.48. The van der Waals surface area contributed by atoms with Gasteiger partial charge in [-0.2, -0.15) is 0 Å². The zero-order valence-corrected chi connectivity index (χ0v) is 11.0. The highest BCUT2D eigenvalue weighted by atomic mass is 79.9. The number of halogens is 1. The SMILES string of the molecule is NCC1COCC(=O)N1Cc1ccccc1Br. The van der Waals surface area contributed by atoms with Crippen molar-refractivity contribution in [1.29, 1.82) is 0 Å². The first kappa shape index (κ1) is 12.5. The van der Waals surface area contributed by atoms with Gasteiger partial charge in [0.05, 0.1) is 12.6 Å². The average Bonchev–Trinajstić information content (AvgIpc) is 2.34. The van der Waals surface area contributed by atoms with Gasteiger partial charge in [0.1, 0.15) is 6.61 Å². The summed E-state index contributed by atoms with van der Waals surface area (Å²) in [4.78, 5) is 13.6. The predicted molar refractivity (Wildman–Crippen MR) is 68.4 cm³/mol. The van der Waals surface area contributed by atoms with Crippen molar-refractivity contribution >= 4 is 21.8 Å². The minimum atomic E-state index is -0.0247. The molecule has 5 heteroatoms. The number of ether oxygens (including phenoxy) is 1. The Kier molecular flexibility index (Phi) is 4.15. The van der Waals surface area contributed by atoms with Gasteiger partial charge in [0, 0.05) is 17.6 Å². The first-order chi connectivity index (χ1) is 8.22. The quantitative estimate of drug-likeness (QED) is 0.910. The number of benzene rings is 1. The summed E-state index contributed by atoms with van der Waals surface area (Å²) in [6, 6.07) is 7.86. The van der Waals surface area contributed by atoms with E-state index in [1.165, 1.54) is 0 Å². The lowest BCUT2D eigenvalue weighted by Gasteiger charge is -2.35. The third-order valence-corrected chi connectivity index (χ3v) is 3.64. The second kappa shape index (κ2) is 5.62. The van der Waals surface area contributed by atoms with E-state index in [4.69, 9.17) is 10.5 Å². The van der Waals surface area contributed by atoms with Gasteiger partial charge in [-0.3, -0.25) is 4.79 Å². The van der Waals surface area contributed by atoms with E-state index < -0.39 is 0 Å². The van der Waals surface area contributed by atoms with Crippen LogP contribution in [-0.2, 0) is 16.1 Å². The van der Waals surface area contributed by atoms with Crippen molar-refractivity contribution in [3.63, 3.8) is 0 Å². The molecule has 92 valence electrons. The number of carbonyl (C=O) groups excluding carboxylic acids is 1. The van der Waals surface area contributed by atoms with Gasteiger partial charge in [-0.25, -0.2) is 0 Å². The lowest BCUT2D eigenvalue weighted by molar-refractivity contribution is -0.148. The highest BCUT2D eigenvalue weighted by Gasteiger charge is 2.27. The smallest absolute Gasteiger partial charge is 0.249 e. The summed E-state index contributed by atoms with van der Waals surface area (Å²) in [7, 11) is 0. The van der Waals surface area contributed by atoms with Gasteiger partial charge in [-0.05, 0) is 11.6 Å². The number of morpholine rings is 1. The normalized spacial score (nSPS) is 20.7. The molecule has 0 radical (unpaired) electrons. The third-order valence-electron chi connectivity index (χ3n) is 2.87. The van der Waals surface area contributed by atoms with E-state index in [0.717, 1.165) is 10.0 Å². The van der Waals surface area contributed by atoms with E-state index in [9.17, 15) is 4.79 Å². The van der Waals surface area contributed by atoms with E-state index in [1.54, 1.807) is 4.90 Å². The fourth-order valence-electron chi connectivity index (χ4n) is 1.88. The van der Waals surface area contributed by atoms with Crippen LogP contribution in [0.5, 0.6) is 0 Å². The number of carbonyl (C=O) groups is 1. The largest absolute Gasteiger partial charge is 0.369 e. The maximum Gasteiger partial charge on any atom is 0.249 e. The van der Waals surface area contributed by atoms with Crippen molar-refractivity contribution in [2.75, 3.05) is 19.8 Å². The Balaban J connectivity index is 2.15. The summed E-state index contributed by atoms with van der Waals surface area (Å²) < 4.78 is 6.21. The average molecular weight is 299 g/mol. The second-order valence-corrected chi connectivity index (χ2v) is 4.87. The molecule has 0 saturated carbocycles. The molecule has 1 atom stereocenters. The highest BCUT2D eigenvalue weighted by molar-refractivity contribution is 9.10. The molecule has 1 aromatic rings. The molecule has 0 spiro atoms. The molecule has 2 rings (SSSR count). The van der Waals surface area contributed by atoms with E-state index in [2.05, 4.69) is 15.9 Å². The molecule has 1 aliphatic rings. The topological polar surface area (TPSA) is 55.6 Å². The predicted octanol–water partition coefficient (Wildman–Crippen LogP) is 1.14. The van der Waals surface area contributed by atoms with Crippen molar-refractivity contribution in [3.05, 3.63) is 34.3 Å². The Morgan fingerprint density at radius 1 is 1.47 bits per heavy atom. The summed E-state index contributed by atoms with van der Waals surface area (Å²) in [5.41, 5.74) is 6.75. The molecular weight excluding hydrogens is 284 g/mol. The number of hydrogen-bond donors (Lipinski definition) is 1. The lowest BCUT2D eigenvalue weighted by Crippen LogP contribution is -2.52. The Bertz CT molecular complexity index is 411. The van der Waals surface area contributed by atoms with Gasteiger partial charge in [0.2, 0.25) is 5.91 Å². The van der Waals surface area contributed by atoms with Crippen molar-refractivity contribution in [2.45, 2.75) is 12.6 Å². The molecule has 0 bridgehead atoms. The van der Waals surface area contributed by atoms with Gasteiger partial charge in [-0.1, -0.05) is 34.1 Å². The molecule has 4 nitrogen and oxygen atoms in total. The number of nitrogens with zero attached hydrogens (tertiary/aromatic N) is 1. The van der Waals surface area contributed by atoms with Crippen LogP contribution in [-0.4, -0.2) is 36.6 Å². The van der Waals surface area contributed by atoms with Gasteiger partial charge in [0.15, 0.2) is 0 Å².